The molecule has 1 N–H and O–H groups in total. The van der Waals surface area contributed by atoms with E-state index in [2.05, 4.69) is 5.32 Å². The number of halogens is 3. The Balaban J connectivity index is 1.66. The van der Waals surface area contributed by atoms with Crippen molar-refractivity contribution in [3.05, 3.63) is 92.9 Å². The zero-order chi connectivity index (χ0) is 21.5. The van der Waals surface area contributed by atoms with Crippen molar-refractivity contribution >= 4 is 52.5 Å². The summed E-state index contributed by atoms with van der Waals surface area (Å²) in [6.45, 7) is 0.202. The van der Waals surface area contributed by atoms with Crippen LogP contribution in [-0.2, 0) is 11.4 Å². The van der Waals surface area contributed by atoms with E-state index >= 15 is 0 Å². The van der Waals surface area contributed by atoms with Gasteiger partial charge in [-0.05, 0) is 60.2 Å². The van der Waals surface area contributed by atoms with Crippen LogP contribution in [0.25, 0.3) is 6.08 Å². The van der Waals surface area contributed by atoms with Gasteiger partial charge in [-0.1, -0.05) is 46.9 Å². The molecule has 0 aliphatic carbocycles. The molecule has 0 aliphatic heterocycles. The van der Waals surface area contributed by atoms with E-state index in [1.165, 1.54) is 6.08 Å². The minimum atomic E-state index is -0.259. The van der Waals surface area contributed by atoms with Crippen LogP contribution in [0.2, 0.25) is 15.1 Å². The number of amides is 1. The zero-order valence-corrected chi connectivity index (χ0v) is 18.3. The van der Waals surface area contributed by atoms with Crippen molar-refractivity contribution in [2.45, 2.75) is 6.61 Å². The van der Waals surface area contributed by atoms with Crippen molar-refractivity contribution in [2.24, 2.45) is 0 Å². The van der Waals surface area contributed by atoms with Gasteiger partial charge >= 0.3 is 0 Å². The van der Waals surface area contributed by atoms with Gasteiger partial charge in [0, 0.05) is 32.4 Å². The molecule has 0 fully saturated rings. The fourth-order valence-electron chi connectivity index (χ4n) is 2.62. The summed E-state index contributed by atoms with van der Waals surface area (Å²) in [5.41, 5.74) is 2.14. The van der Waals surface area contributed by atoms with Crippen LogP contribution in [0.1, 0.15) is 11.1 Å². The van der Waals surface area contributed by atoms with Crippen molar-refractivity contribution in [1.29, 1.82) is 0 Å². The number of anilines is 1. The topological polar surface area (TPSA) is 47.6 Å². The highest BCUT2D eigenvalue weighted by molar-refractivity contribution is 6.36. The molecule has 0 aromatic heterocycles. The summed E-state index contributed by atoms with van der Waals surface area (Å²) in [5, 5.41) is 4.44. The van der Waals surface area contributed by atoms with E-state index in [1.54, 1.807) is 67.8 Å². The van der Waals surface area contributed by atoms with Gasteiger partial charge in [-0.2, -0.15) is 0 Å². The van der Waals surface area contributed by atoms with Gasteiger partial charge in [0.1, 0.15) is 6.61 Å². The number of carbonyl (C=O) groups is 1. The maximum Gasteiger partial charge on any atom is 0.248 e. The van der Waals surface area contributed by atoms with Crippen LogP contribution in [0.15, 0.2) is 66.7 Å². The number of carbonyl (C=O) groups excluding carboxylic acids is 1. The van der Waals surface area contributed by atoms with E-state index in [9.17, 15) is 4.79 Å². The minimum absolute atomic E-state index is 0.202. The van der Waals surface area contributed by atoms with Gasteiger partial charge in [-0.3, -0.25) is 4.79 Å². The highest BCUT2D eigenvalue weighted by atomic mass is 35.5. The SMILES string of the molecule is COc1cc(C=CC(=O)Nc2ccc(Cl)cc2)ccc1OCc1c(Cl)cccc1Cl. The van der Waals surface area contributed by atoms with Crippen LogP contribution >= 0.6 is 34.8 Å². The van der Waals surface area contributed by atoms with E-state index in [4.69, 9.17) is 44.3 Å². The first-order valence-electron chi connectivity index (χ1n) is 8.94. The average molecular weight is 463 g/mol. The summed E-state index contributed by atoms with van der Waals surface area (Å²) < 4.78 is 11.2. The number of ether oxygens (including phenoxy) is 2. The van der Waals surface area contributed by atoms with E-state index in [0.717, 1.165) is 5.56 Å². The molecule has 1 amide bonds. The van der Waals surface area contributed by atoms with Crippen molar-refractivity contribution in [3.63, 3.8) is 0 Å². The lowest BCUT2D eigenvalue weighted by Crippen LogP contribution is -2.07. The number of methoxy groups -OCH3 is 1. The standard InChI is InChI=1S/C23H18Cl3NO3/c1-29-22-13-15(6-12-23(28)27-17-9-7-16(24)8-10-17)5-11-21(22)30-14-18-19(25)3-2-4-20(18)26/h2-13H,14H2,1H3,(H,27,28). The van der Waals surface area contributed by atoms with Crippen LogP contribution < -0.4 is 14.8 Å². The molecule has 3 rings (SSSR count). The van der Waals surface area contributed by atoms with E-state index in [1.807, 2.05) is 6.07 Å². The Hall–Kier alpha value is -2.66. The van der Waals surface area contributed by atoms with Crippen molar-refractivity contribution < 1.29 is 14.3 Å². The summed E-state index contributed by atoms with van der Waals surface area (Å²) in [5.74, 6) is 0.805. The highest BCUT2D eigenvalue weighted by Crippen LogP contribution is 2.31. The number of hydrogen-bond acceptors (Lipinski definition) is 3. The van der Waals surface area contributed by atoms with Crippen molar-refractivity contribution in [2.75, 3.05) is 12.4 Å². The average Bonchev–Trinajstić information content (AvgIpc) is 2.74. The molecule has 30 heavy (non-hydrogen) atoms. The molecular formula is C23H18Cl3NO3. The molecule has 154 valence electrons. The Bertz CT molecular complexity index is 1050. The third kappa shape index (κ3) is 5.92. The molecule has 0 unspecified atom stereocenters. The third-order valence-corrected chi connectivity index (χ3v) is 5.12. The van der Waals surface area contributed by atoms with Gasteiger partial charge in [0.25, 0.3) is 0 Å². The molecule has 0 atom stereocenters. The first-order chi connectivity index (χ1) is 14.5. The monoisotopic (exact) mass is 461 g/mol. The predicted octanol–water partition coefficient (Wildman–Crippen LogP) is 6.89. The van der Waals surface area contributed by atoms with Gasteiger partial charge in [-0.15, -0.1) is 0 Å². The Morgan fingerprint density at radius 3 is 2.33 bits per heavy atom. The molecule has 0 saturated heterocycles. The largest absolute Gasteiger partial charge is 0.493 e. The number of hydrogen-bond donors (Lipinski definition) is 1. The van der Waals surface area contributed by atoms with Crippen LogP contribution in [0.3, 0.4) is 0 Å². The van der Waals surface area contributed by atoms with Crippen molar-refractivity contribution in [1.82, 2.24) is 0 Å². The second-order valence-corrected chi connectivity index (χ2v) is 7.48. The minimum Gasteiger partial charge on any atom is -0.493 e. The first-order valence-corrected chi connectivity index (χ1v) is 10.1. The smallest absolute Gasteiger partial charge is 0.248 e. The fourth-order valence-corrected chi connectivity index (χ4v) is 3.25. The molecule has 3 aromatic carbocycles. The maximum absolute atomic E-state index is 12.1. The first kappa shape index (κ1) is 22.0. The van der Waals surface area contributed by atoms with Gasteiger partial charge in [0.15, 0.2) is 11.5 Å². The maximum atomic E-state index is 12.1. The molecule has 0 heterocycles. The molecule has 7 heteroatoms. The Morgan fingerprint density at radius 1 is 0.967 bits per heavy atom. The molecule has 0 saturated carbocycles. The van der Waals surface area contributed by atoms with Crippen LogP contribution in [0.4, 0.5) is 5.69 Å². The lowest BCUT2D eigenvalue weighted by molar-refractivity contribution is -0.111. The van der Waals surface area contributed by atoms with Gasteiger partial charge in [0.05, 0.1) is 7.11 Å². The normalized spacial score (nSPS) is 10.8. The lowest BCUT2D eigenvalue weighted by atomic mass is 10.2. The molecule has 0 spiro atoms. The summed E-state index contributed by atoms with van der Waals surface area (Å²) in [7, 11) is 1.55. The summed E-state index contributed by atoms with van der Waals surface area (Å²) >= 11 is 18.2. The van der Waals surface area contributed by atoms with Crippen LogP contribution in [0, 0.1) is 0 Å². The van der Waals surface area contributed by atoms with E-state index in [-0.39, 0.29) is 12.5 Å². The lowest BCUT2D eigenvalue weighted by Gasteiger charge is -2.13. The van der Waals surface area contributed by atoms with Crippen LogP contribution in [0.5, 0.6) is 11.5 Å². The molecule has 0 aliphatic rings. The highest BCUT2D eigenvalue weighted by Gasteiger charge is 2.10. The van der Waals surface area contributed by atoms with E-state index < -0.39 is 0 Å². The fraction of sp³-hybridized carbons (Fsp3) is 0.0870. The van der Waals surface area contributed by atoms with Gasteiger partial charge < -0.3 is 14.8 Å². The molecule has 0 bridgehead atoms. The summed E-state index contributed by atoms with van der Waals surface area (Å²) in [4.78, 5) is 12.1. The Labute approximate surface area is 190 Å². The van der Waals surface area contributed by atoms with Gasteiger partial charge in [0.2, 0.25) is 5.91 Å². The zero-order valence-electron chi connectivity index (χ0n) is 16.0. The summed E-state index contributed by atoms with van der Waals surface area (Å²) in [6, 6.07) is 17.5. The van der Waals surface area contributed by atoms with Gasteiger partial charge in [-0.25, -0.2) is 0 Å². The second-order valence-electron chi connectivity index (χ2n) is 6.23. The predicted molar refractivity (Wildman–Crippen MR) is 123 cm³/mol. The number of rotatable bonds is 7. The Morgan fingerprint density at radius 2 is 1.67 bits per heavy atom. The molecule has 3 aromatic rings. The van der Waals surface area contributed by atoms with Crippen LogP contribution in [-0.4, -0.2) is 13.0 Å². The molecular weight excluding hydrogens is 445 g/mol. The molecule has 0 radical (unpaired) electrons. The van der Waals surface area contributed by atoms with E-state index in [0.29, 0.717) is 37.8 Å². The van der Waals surface area contributed by atoms with Crippen molar-refractivity contribution in [3.8, 4) is 11.5 Å². The molecule has 4 nitrogen and oxygen atoms in total. The Kier molecular flexibility index (Phi) is 7.63. The summed E-state index contributed by atoms with van der Waals surface area (Å²) in [6.07, 6.45) is 3.12. The third-order valence-electron chi connectivity index (χ3n) is 4.16. The second kappa shape index (κ2) is 10.4. The number of benzene rings is 3. The number of nitrogens with one attached hydrogen (secondary N) is 1. The quantitative estimate of drug-likeness (QED) is 0.389.